The van der Waals surface area contributed by atoms with Crippen molar-refractivity contribution in [1.82, 2.24) is 24.1 Å². The quantitative estimate of drug-likeness (QED) is 0.152. The molecule has 0 saturated heterocycles. The molecule has 5 aromatic heterocycles. The Kier molecular flexibility index (Phi) is 10.2. The average molecular weight is 1050 g/mol. The molecular weight excluding hydrogens is 1000 g/mol. The van der Waals surface area contributed by atoms with Gasteiger partial charge in [0.15, 0.2) is 17.5 Å². The van der Waals surface area contributed by atoms with E-state index >= 15 is 0 Å². The van der Waals surface area contributed by atoms with Crippen molar-refractivity contribution >= 4 is 87.5 Å². The maximum absolute atomic E-state index is 6.68. The molecule has 0 bridgehead atoms. The van der Waals surface area contributed by atoms with Crippen molar-refractivity contribution in [3.8, 4) is 78.9 Å². The summed E-state index contributed by atoms with van der Waals surface area (Å²) in [4.78, 5) is 16.0. The third-order valence-electron chi connectivity index (χ3n) is 16.4. The number of fused-ring (bicyclic) bond motifs is 12. The largest absolute Gasteiger partial charge is 0.456 e. The van der Waals surface area contributed by atoms with Crippen molar-refractivity contribution < 1.29 is 8.83 Å². The Labute approximate surface area is 469 Å². The molecular formula is C75H45N5O2. The molecule has 17 rings (SSSR count). The van der Waals surface area contributed by atoms with Gasteiger partial charge in [0, 0.05) is 71.2 Å². The van der Waals surface area contributed by atoms with Crippen LogP contribution >= 0.6 is 0 Å². The fourth-order valence-electron chi connectivity index (χ4n) is 12.6. The fourth-order valence-corrected chi connectivity index (χ4v) is 12.6. The zero-order chi connectivity index (χ0) is 53.8. The van der Waals surface area contributed by atoms with Crippen LogP contribution < -0.4 is 0 Å². The van der Waals surface area contributed by atoms with Gasteiger partial charge in [-0.15, -0.1) is 0 Å². The van der Waals surface area contributed by atoms with E-state index in [-0.39, 0.29) is 0 Å². The molecule has 382 valence electrons. The van der Waals surface area contributed by atoms with E-state index in [9.17, 15) is 0 Å². The molecule has 0 N–H and O–H groups in total. The van der Waals surface area contributed by atoms with Gasteiger partial charge in [-0.2, -0.15) is 0 Å². The van der Waals surface area contributed by atoms with E-state index in [1.807, 2.05) is 54.6 Å². The van der Waals surface area contributed by atoms with Crippen molar-refractivity contribution in [2.24, 2.45) is 0 Å². The van der Waals surface area contributed by atoms with E-state index in [0.717, 1.165) is 111 Å². The smallest absolute Gasteiger partial charge is 0.164 e. The van der Waals surface area contributed by atoms with E-state index in [4.69, 9.17) is 23.8 Å². The molecule has 0 aliphatic heterocycles. The highest BCUT2D eigenvalue weighted by Crippen LogP contribution is 2.44. The summed E-state index contributed by atoms with van der Waals surface area (Å²) in [5.41, 5.74) is 19.3. The number of para-hydroxylation sites is 3. The lowest BCUT2D eigenvalue weighted by atomic mass is 9.98. The highest BCUT2D eigenvalue weighted by atomic mass is 16.3. The summed E-state index contributed by atoms with van der Waals surface area (Å²) in [6, 6.07) is 96.4. The minimum atomic E-state index is 0.543. The van der Waals surface area contributed by atoms with Gasteiger partial charge in [0.25, 0.3) is 0 Å². The summed E-state index contributed by atoms with van der Waals surface area (Å²) in [7, 11) is 0. The second-order valence-corrected chi connectivity index (χ2v) is 21.1. The Morgan fingerprint density at radius 3 is 1.17 bits per heavy atom. The maximum atomic E-state index is 6.68. The summed E-state index contributed by atoms with van der Waals surface area (Å²) >= 11 is 0. The molecule has 0 unspecified atom stereocenters. The Hall–Kier alpha value is -11.2. The number of hydrogen-bond acceptors (Lipinski definition) is 5. The van der Waals surface area contributed by atoms with Crippen LogP contribution in [0.2, 0.25) is 0 Å². The van der Waals surface area contributed by atoms with Gasteiger partial charge in [-0.05, 0) is 130 Å². The monoisotopic (exact) mass is 1050 g/mol. The minimum absolute atomic E-state index is 0.543. The standard InChI is InChI=1S/C75H45N5O2/c1-4-17-46(18-5-1)48-21-14-24-54(41-48)80-64-30-13-11-26-56(64)60-43-50(34-38-66(60)80)52-36-40-68-62(45-52)72-58(28-16-32-70(72)82-68)75-77-73(47-19-6-2-7-20-47)76-74(78-75)57-27-15-31-69-71(57)61-44-51(35-39-67(61)81-69)49-33-37-65-59(42-49)55-25-10-12-29-63(55)79(65)53-22-8-3-9-23-53/h1-45H. The number of hydrogen-bond donors (Lipinski definition) is 0. The molecule has 7 nitrogen and oxygen atoms in total. The first-order valence-electron chi connectivity index (χ1n) is 27.6. The van der Waals surface area contributed by atoms with Crippen LogP contribution in [0.1, 0.15) is 0 Å². The first-order valence-corrected chi connectivity index (χ1v) is 27.6. The summed E-state index contributed by atoms with van der Waals surface area (Å²) in [5.74, 6) is 1.66. The molecule has 0 aliphatic rings. The predicted molar refractivity (Wildman–Crippen MR) is 336 cm³/mol. The van der Waals surface area contributed by atoms with E-state index < -0.39 is 0 Å². The molecule has 12 aromatic carbocycles. The Bertz CT molecular complexity index is 5400. The van der Waals surface area contributed by atoms with Crippen molar-refractivity contribution in [3.63, 3.8) is 0 Å². The van der Waals surface area contributed by atoms with Crippen molar-refractivity contribution in [2.75, 3.05) is 0 Å². The second-order valence-electron chi connectivity index (χ2n) is 21.1. The van der Waals surface area contributed by atoms with Gasteiger partial charge < -0.3 is 18.0 Å². The molecule has 0 aliphatic carbocycles. The SMILES string of the molecule is c1ccc(-c2cccc(-n3c4ccccc4c4cc(-c5ccc6oc7cccc(-c8nc(-c9ccccc9)nc(-c9cccc%10oc%11ccc(-c%12ccc%13c(c%12)c%12ccccc%12n%13-c%12ccccc%12)cc%11c9%10)n8)c7c6c5)ccc43)c2)cc1. The lowest BCUT2D eigenvalue weighted by molar-refractivity contribution is 0.668. The molecule has 7 heteroatoms. The fraction of sp³-hybridized carbons (Fsp3) is 0. The number of nitrogens with zero attached hydrogens (tertiary/aromatic N) is 5. The number of aromatic nitrogens is 5. The van der Waals surface area contributed by atoms with Crippen LogP contribution in [0.5, 0.6) is 0 Å². The molecule has 0 atom stereocenters. The van der Waals surface area contributed by atoms with Gasteiger partial charge in [0.2, 0.25) is 0 Å². The van der Waals surface area contributed by atoms with Crippen molar-refractivity contribution in [2.45, 2.75) is 0 Å². The molecule has 0 fully saturated rings. The Morgan fingerprint density at radius 1 is 0.232 bits per heavy atom. The number of furan rings is 2. The first-order chi connectivity index (χ1) is 40.6. The van der Waals surface area contributed by atoms with Crippen LogP contribution in [0, 0.1) is 0 Å². The van der Waals surface area contributed by atoms with E-state index in [1.54, 1.807) is 0 Å². The first kappa shape index (κ1) is 45.8. The van der Waals surface area contributed by atoms with Crippen LogP contribution in [0.3, 0.4) is 0 Å². The molecule has 0 radical (unpaired) electrons. The van der Waals surface area contributed by atoms with Gasteiger partial charge in [-0.3, -0.25) is 0 Å². The Morgan fingerprint density at radius 2 is 0.622 bits per heavy atom. The van der Waals surface area contributed by atoms with E-state index in [0.29, 0.717) is 17.5 Å². The average Bonchev–Trinajstić information content (AvgIpc) is 4.23. The van der Waals surface area contributed by atoms with E-state index in [1.165, 1.54) is 38.2 Å². The molecule has 5 heterocycles. The summed E-state index contributed by atoms with van der Waals surface area (Å²) < 4.78 is 18.1. The van der Waals surface area contributed by atoms with Crippen LogP contribution in [-0.4, -0.2) is 24.1 Å². The third-order valence-corrected chi connectivity index (χ3v) is 16.4. The number of benzene rings is 12. The maximum Gasteiger partial charge on any atom is 0.164 e. The lowest BCUT2D eigenvalue weighted by Gasteiger charge is -2.11. The molecule has 0 saturated carbocycles. The zero-order valence-corrected chi connectivity index (χ0v) is 44.0. The predicted octanol–water partition coefficient (Wildman–Crippen LogP) is 19.9. The van der Waals surface area contributed by atoms with Gasteiger partial charge in [-0.1, -0.05) is 176 Å². The molecule has 82 heavy (non-hydrogen) atoms. The molecule has 0 spiro atoms. The minimum Gasteiger partial charge on any atom is -0.456 e. The van der Waals surface area contributed by atoms with Crippen molar-refractivity contribution in [1.29, 1.82) is 0 Å². The van der Waals surface area contributed by atoms with Crippen LogP contribution in [0.15, 0.2) is 282 Å². The highest BCUT2D eigenvalue weighted by molar-refractivity contribution is 6.16. The Balaban J connectivity index is 0.800. The second kappa shape index (κ2) is 18.2. The summed E-state index contributed by atoms with van der Waals surface area (Å²) in [6.45, 7) is 0. The van der Waals surface area contributed by atoms with Gasteiger partial charge in [0.05, 0.1) is 22.1 Å². The topological polar surface area (TPSA) is 74.8 Å². The van der Waals surface area contributed by atoms with Gasteiger partial charge in [-0.25, -0.2) is 15.0 Å². The van der Waals surface area contributed by atoms with E-state index in [2.05, 4.69) is 228 Å². The van der Waals surface area contributed by atoms with Crippen molar-refractivity contribution in [3.05, 3.63) is 273 Å². The third kappa shape index (κ3) is 7.27. The van der Waals surface area contributed by atoms with Crippen LogP contribution in [-0.2, 0) is 0 Å². The summed E-state index contributed by atoms with van der Waals surface area (Å²) in [6.07, 6.45) is 0. The van der Waals surface area contributed by atoms with Gasteiger partial charge in [0.1, 0.15) is 22.3 Å². The highest BCUT2D eigenvalue weighted by Gasteiger charge is 2.23. The van der Waals surface area contributed by atoms with Crippen LogP contribution in [0.25, 0.3) is 166 Å². The molecule has 0 amide bonds. The van der Waals surface area contributed by atoms with Gasteiger partial charge >= 0.3 is 0 Å². The molecule has 17 aromatic rings. The van der Waals surface area contributed by atoms with Crippen LogP contribution in [0.4, 0.5) is 0 Å². The lowest BCUT2D eigenvalue weighted by Crippen LogP contribution is -2.00. The zero-order valence-electron chi connectivity index (χ0n) is 44.0. The normalized spacial score (nSPS) is 11.9. The number of rotatable bonds is 8. The summed E-state index contributed by atoms with van der Waals surface area (Å²) in [5, 5.41) is 8.62.